The molecule has 0 saturated carbocycles. The lowest BCUT2D eigenvalue weighted by Crippen LogP contribution is -2.36. The molecule has 4 nitrogen and oxygen atoms in total. The molecule has 1 N–H and O–H groups in total. The van der Waals surface area contributed by atoms with E-state index in [2.05, 4.69) is 5.32 Å². The van der Waals surface area contributed by atoms with Crippen LogP contribution in [0.15, 0.2) is 53.6 Å². The molecule has 92 valence electrons. The molecule has 0 atom stereocenters. The highest BCUT2D eigenvalue weighted by Gasteiger charge is 2.14. The lowest BCUT2D eigenvalue weighted by Gasteiger charge is -2.06. The summed E-state index contributed by atoms with van der Waals surface area (Å²) in [5.74, 6) is -0.414. The number of anilines is 1. The summed E-state index contributed by atoms with van der Waals surface area (Å²) >= 11 is 1.63. The van der Waals surface area contributed by atoms with E-state index in [1.807, 2.05) is 30.5 Å². The van der Waals surface area contributed by atoms with Crippen LogP contribution in [0.2, 0.25) is 0 Å². The molecular weight excluding hydrogens is 248 g/mol. The standard InChI is InChI=1S/C13H12N2O2S/c1-18-11-7-5-10(6-8-11)14-13(16)12-4-2-3-9-15(12)17/h2-9H,1H3,(H,14,16). The van der Waals surface area contributed by atoms with Crippen molar-refractivity contribution in [3.05, 3.63) is 59.6 Å². The largest absolute Gasteiger partial charge is 0.618 e. The predicted molar refractivity (Wildman–Crippen MR) is 71.6 cm³/mol. The van der Waals surface area contributed by atoms with Gasteiger partial charge >= 0.3 is 5.91 Å². The van der Waals surface area contributed by atoms with Crippen molar-refractivity contribution >= 4 is 23.4 Å². The fraction of sp³-hybridized carbons (Fsp3) is 0.0769. The lowest BCUT2D eigenvalue weighted by molar-refractivity contribution is -0.607. The first kappa shape index (κ1) is 12.4. The average molecular weight is 260 g/mol. The quantitative estimate of drug-likeness (QED) is 0.523. The normalized spacial score (nSPS) is 10.1. The first-order valence-electron chi connectivity index (χ1n) is 5.34. The molecule has 1 heterocycles. The van der Waals surface area contributed by atoms with Gasteiger partial charge in [0.2, 0.25) is 0 Å². The Morgan fingerprint density at radius 2 is 1.94 bits per heavy atom. The molecule has 18 heavy (non-hydrogen) atoms. The second-order valence-electron chi connectivity index (χ2n) is 3.59. The van der Waals surface area contributed by atoms with E-state index in [-0.39, 0.29) is 5.69 Å². The van der Waals surface area contributed by atoms with E-state index in [4.69, 9.17) is 0 Å². The average Bonchev–Trinajstić information content (AvgIpc) is 2.40. The van der Waals surface area contributed by atoms with Crippen molar-refractivity contribution in [3.63, 3.8) is 0 Å². The maximum atomic E-state index is 11.9. The Morgan fingerprint density at radius 3 is 2.56 bits per heavy atom. The van der Waals surface area contributed by atoms with Gasteiger partial charge in [0.05, 0.1) is 0 Å². The highest BCUT2D eigenvalue weighted by molar-refractivity contribution is 7.98. The van der Waals surface area contributed by atoms with Crippen molar-refractivity contribution in [3.8, 4) is 0 Å². The van der Waals surface area contributed by atoms with Crippen molar-refractivity contribution in [2.75, 3.05) is 11.6 Å². The molecule has 0 aliphatic rings. The number of rotatable bonds is 3. The van der Waals surface area contributed by atoms with Crippen LogP contribution >= 0.6 is 11.8 Å². The molecule has 0 saturated heterocycles. The zero-order valence-corrected chi connectivity index (χ0v) is 10.6. The molecule has 2 rings (SSSR count). The van der Waals surface area contributed by atoms with Crippen LogP contribution in [0.5, 0.6) is 0 Å². The molecule has 1 aromatic carbocycles. The highest BCUT2D eigenvalue weighted by atomic mass is 32.2. The van der Waals surface area contributed by atoms with E-state index in [9.17, 15) is 10.0 Å². The third kappa shape index (κ3) is 2.81. The Bertz CT molecular complexity index is 555. The van der Waals surface area contributed by atoms with Gasteiger partial charge in [0.15, 0.2) is 6.20 Å². The van der Waals surface area contributed by atoms with Crippen LogP contribution in [0.25, 0.3) is 0 Å². The van der Waals surface area contributed by atoms with Crippen molar-refractivity contribution in [1.29, 1.82) is 0 Å². The maximum Gasteiger partial charge on any atom is 0.321 e. The molecule has 5 heteroatoms. The lowest BCUT2D eigenvalue weighted by atomic mass is 10.3. The van der Waals surface area contributed by atoms with E-state index < -0.39 is 5.91 Å². The van der Waals surface area contributed by atoms with E-state index in [0.29, 0.717) is 10.4 Å². The minimum Gasteiger partial charge on any atom is -0.618 e. The van der Waals surface area contributed by atoms with Crippen LogP contribution in [0.3, 0.4) is 0 Å². The summed E-state index contributed by atoms with van der Waals surface area (Å²) in [5.41, 5.74) is 0.744. The van der Waals surface area contributed by atoms with E-state index >= 15 is 0 Å². The molecule has 1 aromatic heterocycles. The van der Waals surface area contributed by atoms with Crippen LogP contribution in [0.1, 0.15) is 10.5 Å². The van der Waals surface area contributed by atoms with Gasteiger partial charge in [-0.05, 0) is 36.6 Å². The first-order chi connectivity index (χ1) is 8.70. The molecule has 0 aliphatic carbocycles. The number of aromatic nitrogens is 1. The van der Waals surface area contributed by atoms with Crippen LogP contribution in [0.4, 0.5) is 5.69 Å². The van der Waals surface area contributed by atoms with Gasteiger partial charge < -0.3 is 10.5 Å². The number of amides is 1. The summed E-state index contributed by atoms with van der Waals surface area (Å²) in [6.45, 7) is 0. The molecule has 0 fully saturated rings. The zero-order valence-electron chi connectivity index (χ0n) is 9.79. The smallest absolute Gasteiger partial charge is 0.321 e. The summed E-state index contributed by atoms with van der Waals surface area (Å²) in [5, 5.41) is 14.1. The van der Waals surface area contributed by atoms with Crippen LogP contribution in [-0.2, 0) is 0 Å². The number of hydrogen-bond acceptors (Lipinski definition) is 3. The Kier molecular flexibility index (Phi) is 3.84. The number of thioether (sulfide) groups is 1. The molecule has 0 bridgehead atoms. The van der Waals surface area contributed by atoms with Gasteiger partial charge in [0, 0.05) is 22.7 Å². The third-order valence-corrected chi connectivity index (χ3v) is 3.15. The number of nitrogens with zero attached hydrogens (tertiary/aromatic N) is 1. The van der Waals surface area contributed by atoms with E-state index in [1.165, 1.54) is 12.3 Å². The number of benzene rings is 1. The Hall–Kier alpha value is -2.01. The summed E-state index contributed by atoms with van der Waals surface area (Å²) in [7, 11) is 0. The fourth-order valence-electron chi connectivity index (χ4n) is 1.47. The second kappa shape index (κ2) is 5.55. The molecule has 1 amide bonds. The molecule has 0 unspecified atom stereocenters. The SMILES string of the molecule is CSc1ccc(NC(=O)c2cccc[n+]2[O-])cc1. The molecule has 0 spiro atoms. The van der Waals surface area contributed by atoms with Gasteiger partial charge in [-0.25, -0.2) is 0 Å². The Balaban J connectivity index is 2.14. The predicted octanol–water partition coefficient (Wildman–Crippen LogP) is 2.29. The summed E-state index contributed by atoms with van der Waals surface area (Å²) in [6, 6.07) is 12.2. The Labute approximate surface area is 109 Å². The molecule has 0 radical (unpaired) electrons. The topological polar surface area (TPSA) is 56.0 Å². The molecule has 2 aromatic rings. The number of hydrogen-bond donors (Lipinski definition) is 1. The summed E-state index contributed by atoms with van der Waals surface area (Å²) < 4.78 is 0.547. The highest BCUT2D eigenvalue weighted by Crippen LogP contribution is 2.17. The first-order valence-corrected chi connectivity index (χ1v) is 6.57. The van der Waals surface area contributed by atoms with Gasteiger partial charge in [0.1, 0.15) is 0 Å². The van der Waals surface area contributed by atoms with Gasteiger partial charge in [-0.3, -0.25) is 4.79 Å². The van der Waals surface area contributed by atoms with E-state index in [1.54, 1.807) is 23.9 Å². The van der Waals surface area contributed by atoms with Crippen molar-refractivity contribution < 1.29 is 9.52 Å². The number of carbonyl (C=O) groups is 1. The van der Waals surface area contributed by atoms with Gasteiger partial charge in [-0.1, -0.05) is 0 Å². The van der Waals surface area contributed by atoms with Crippen molar-refractivity contribution in [2.24, 2.45) is 0 Å². The van der Waals surface area contributed by atoms with Gasteiger partial charge in [-0.15, -0.1) is 11.8 Å². The zero-order chi connectivity index (χ0) is 13.0. The van der Waals surface area contributed by atoms with Crippen LogP contribution in [0, 0.1) is 5.21 Å². The maximum absolute atomic E-state index is 11.9. The minimum absolute atomic E-state index is 0.0754. The van der Waals surface area contributed by atoms with E-state index in [0.717, 1.165) is 4.90 Å². The molecular formula is C13H12N2O2S. The monoisotopic (exact) mass is 260 g/mol. The van der Waals surface area contributed by atoms with Crippen LogP contribution in [-0.4, -0.2) is 12.2 Å². The number of nitrogens with one attached hydrogen (secondary N) is 1. The minimum atomic E-state index is -0.414. The van der Waals surface area contributed by atoms with Crippen molar-refractivity contribution in [2.45, 2.75) is 4.90 Å². The fourth-order valence-corrected chi connectivity index (χ4v) is 1.88. The number of pyridine rings is 1. The Morgan fingerprint density at radius 1 is 1.22 bits per heavy atom. The summed E-state index contributed by atoms with van der Waals surface area (Å²) in [6.07, 6.45) is 3.28. The number of carbonyl (C=O) groups excluding carboxylic acids is 1. The molecule has 0 aliphatic heterocycles. The van der Waals surface area contributed by atoms with Crippen molar-refractivity contribution in [1.82, 2.24) is 0 Å². The second-order valence-corrected chi connectivity index (χ2v) is 4.47. The summed E-state index contributed by atoms with van der Waals surface area (Å²) in [4.78, 5) is 13.0. The van der Waals surface area contributed by atoms with Gasteiger partial charge in [0.25, 0.3) is 5.69 Å². The van der Waals surface area contributed by atoms with Gasteiger partial charge in [-0.2, -0.15) is 4.73 Å². The van der Waals surface area contributed by atoms with Crippen LogP contribution < -0.4 is 10.0 Å². The third-order valence-electron chi connectivity index (χ3n) is 2.40.